The lowest BCUT2D eigenvalue weighted by Crippen LogP contribution is -2.13. The van der Waals surface area contributed by atoms with Gasteiger partial charge in [-0.25, -0.2) is 4.68 Å². The van der Waals surface area contributed by atoms with Gasteiger partial charge < -0.3 is 5.32 Å². The monoisotopic (exact) mass is 357 g/mol. The highest BCUT2D eigenvalue weighted by atomic mass is 16.1. The molecule has 5 rings (SSSR count). The zero-order valence-electron chi connectivity index (χ0n) is 14.8. The van der Waals surface area contributed by atoms with Crippen molar-refractivity contribution in [2.24, 2.45) is 0 Å². The number of aryl methyl sites for hydroxylation is 2. The van der Waals surface area contributed by atoms with E-state index in [0.29, 0.717) is 23.5 Å². The molecule has 1 aliphatic carbocycles. The lowest BCUT2D eigenvalue weighted by Gasteiger charge is -2.08. The molecule has 0 radical (unpaired) electrons. The second-order valence-corrected chi connectivity index (χ2v) is 6.85. The van der Waals surface area contributed by atoms with Crippen molar-refractivity contribution in [3.8, 4) is 5.69 Å². The molecular formula is C21H19N5O. The molecule has 0 unspecified atom stereocenters. The van der Waals surface area contributed by atoms with Crippen molar-refractivity contribution in [1.29, 1.82) is 0 Å². The van der Waals surface area contributed by atoms with Crippen LogP contribution in [0.25, 0.3) is 16.7 Å². The highest BCUT2D eigenvalue weighted by Crippen LogP contribution is 2.23. The molecule has 27 heavy (non-hydrogen) atoms. The fourth-order valence-corrected chi connectivity index (χ4v) is 3.68. The van der Waals surface area contributed by atoms with Gasteiger partial charge in [-0.3, -0.25) is 9.78 Å². The summed E-state index contributed by atoms with van der Waals surface area (Å²) in [4.78, 5) is 19.8. The van der Waals surface area contributed by atoms with Crippen molar-refractivity contribution in [2.75, 3.05) is 5.32 Å². The third-order valence-electron chi connectivity index (χ3n) is 5.06. The molecule has 6 heteroatoms. The van der Waals surface area contributed by atoms with E-state index in [-0.39, 0.29) is 5.56 Å². The van der Waals surface area contributed by atoms with E-state index in [1.807, 2.05) is 30.3 Å². The second kappa shape index (κ2) is 6.39. The molecular weight excluding hydrogens is 338 g/mol. The van der Waals surface area contributed by atoms with Crippen molar-refractivity contribution in [3.05, 3.63) is 81.8 Å². The summed E-state index contributed by atoms with van der Waals surface area (Å²) in [6, 6.07) is 16.3. The average molecular weight is 357 g/mol. The second-order valence-electron chi connectivity index (χ2n) is 6.85. The van der Waals surface area contributed by atoms with Gasteiger partial charge in [0.05, 0.1) is 11.9 Å². The van der Waals surface area contributed by atoms with Crippen LogP contribution in [0, 0.1) is 0 Å². The zero-order valence-corrected chi connectivity index (χ0v) is 14.8. The van der Waals surface area contributed by atoms with Gasteiger partial charge in [0.25, 0.3) is 5.56 Å². The summed E-state index contributed by atoms with van der Waals surface area (Å²) in [7, 11) is 0. The number of anilines is 1. The van der Waals surface area contributed by atoms with Crippen LogP contribution in [0.15, 0.2) is 59.5 Å². The summed E-state index contributed by atoms with van der Waals surface area (Å²) in [5.41, 5.74) is 5.30. The maximum atomic E-state index is 12.4. The molecule has 6 nitrogen and oxygen atoms in total. The van der Waals surface area contributed by atoms with Gasteiger partial charge in [-0.15, -0.1) is 0 Å². The van der Waals surface area contributed by atoms with E-state index in [4.69, 9.17) is 0 Å². The van der Waals surface area contributed by atoms with Crippen LogP contribution < -0.4 is 10.9 Å². The highest BCUT2D eigenvalue weighted by Gasteiger charge is 2.13. The van der Waals surface area contributed by atoms with E-state index in [2.05, 4.69) is 38.6 Å². The predicted molar refractivity (Wildman–Crippen MR) is 105 cm³/mol. The molecule has 2 aromatic heterocycles. The van der Waals surface area contributed by atoms with Crippen LogP contribution in [0.4, 0.5) is 5.95 Å². The first-order valence-electron chi connectivity index (χ1n) is 9.16. The Balaban J connectivity index is 1.46. The Bertz CT molecular complexity index is 1180. The van der Waals surface area contributed by atoms with E-state index < -0.39 is 0 Å². The fraction of sp³-hybridized carbons (Fsp3) is 0.190. The molecule has 0 atom stereocenters. The van der Waals surface area contributed by atoms with Gasteiger partial charge in [-0.05, 0) is 48.1 Å². The van der Waals surface area contributed by atoms with Crippen LogP contribution >= 0.6 is 0 Å². The van der Waals surface area contributed by atoms with Gasteiger partial charge in [-0.1, -0.05) is 36.4 Å². The highest BCUT2D eigenvalue weighted by molar-refractivity contribution is 5.76. The third-order valence-corrected chi connectivity index (χ3v) is 5.06. The molecule has 0 bridgehead atoms. The lowest BCUT2D eigenvalue weighted by atomic mass is 10.1. The summed E-state index contributed by atoms with van der Waals surface area (Å²) in [5, 5.41) is 8.05. The van der Waals surface area contributed by atoms with Crippen molar-refractivity contribution >= 4 is 17.0 Å². The molecule has 0 fully saturated rings. The Labute approximate surface area is 155 Å². The number of para-hydroxylation sites is 1. The SMILES string of the molecule is O=c1[nH]c(NCc2ccc3c(c2)CCC3)nc2c1cnn2-c1ccccc1. The smallest absolute Gasteiger partial charge is 0.263 e. The first-order chi connectivity index (χ1) is 13.3. The van der Waals surface area contributed by atoms with Gasteiger partial charge in [0, 0.05) is 6.54 Å². The molecule has 0 saturated carbocycles. The third kappa shape index (κ3) is 2.89. The fourth-order valence-electron chi connectivity index (χ4n) is 3.68. The molecule has 1 aliphatic rings. The van der Waals surface area contributed by atoms with E-state index >= 15 is 0 Å². The lowest BCUT2D eigenvalue weighted by molar-refractivity contribution is 0.893. The first-order valence-corrected chi connectivity index (χ1v) is 9.16. The maximum absolute atomic E-state index is 12.4. The van der Waals surface area contributed by atoms with Gasteiger partial charge in [0.2, 0.25) is 5.95 Å². The van der Waals surface area contributed by atoms with Gasteiger partial charge in [0.1, 0.15) is 5.39 Å². The van der Waals surface area contributed by atoms with E-state index in [1.165, 1.54) is 29.5 Å². The molecule has 2 aromatic carbocycles. The van der Waals surface area contributed by atoms with Gasteiger partial charge >= 0.3 is 0 Å². The minimum absolute atomic E-state index is 0.196. The Morgan fingerprint density at radius 3 is 2.81 bits per heavy atom. The topological polar surface area (TPSA) is 75.6 Å². The number of nitrogens with zero attached hydrogens (tertiary/aromatic N) is 3. The zero-order chi connectivity index (χ0) is 18.2. The molecule has 0 amide bonds. The van der Waals surface area contributed by atoms with Gasteiger partial charge in [-0.2, -0.15) is 10.1 Å². The van der Waals surface area contributed by atoms with Crippen molar-refractivity contribution in [1.82, 2.24) is 19.7 Å². The Hall–Kier alpha value is -3.41. The van der Waals surface area contributed by atoms with Crippen molar-refractivity contribution < 1.29 is 0 Å². The number of aromatic amines is 1. The number of aromatic nitrogens is 4. The van der Waals surface area contributed by atoms with Crippen LogP contribution in [-0.2, 0) is 19.4 Å². The molecule has 134 valence electrons. The number of fused-ring (bicyclic) bond motifs is 2. The first kappa shape index (κ1) is 15.8. The van der Waals surface area contributed by atoms with E-state index in [0.717, 1.165) is 12.1 Å². The number of nitrogens with one attached hydrogen (secondary N) is 2. The summed E-state index contributed by atoms with van der Waals surface area (Å²) in [5.74, 6) is 0.450. The van der Waals surface area contributed by atoms with E-state index in [9.17, 15) is 4.79 Å². The maximum Gasteiger partial charge on any atom is 0.263 e. The van der Waals surface area contributed by atoms with Crippen molar-refractivity contribution in [3.63, 3.8) is 0 Å². The summed E-state index contributed by atoms with van der Waals surface area (Å²) in [6.07, 6.45) is 5.12. The standard InChI is InChI=1S/C21H19N5O/c27-20-18-13-23-26(17-7-2-1-3-8-17)19(18)24-21(25-20)22-12-14-9-10-15-5-4-6-16(15)11-14/h1-3,7-11,13H,4-6,12H2,(H2,22,24,25,27). The quantitative estimate of drug-likeness (QED) is 0.588. The summed E-state index contributed by atoms with van der Waals surface area (Å²) in [6.45, 7) is 0.612. The number of benzene rings is 2. The Kier molecular flexibility index (Phi) is 3.74. The molecule has 0 spiro atoms. The largest absolute Gasteiger partial charge is 0.352 e. The van der Waals surface area contributed by atoms with Crippen LogP contribution in [0.3, 0.4) is 0 Å². The van der Waals surface area contributed by atoms with Crippen LogP contribution in [-0.4, -0.2) is 19.7 Å². The summed E-state index contributed by atoms with van der Waals surface area (Å²) >= 11 is 0. The predicted octanol–water partition coefficient (Wildman–Crippen LogP) is 3.21. The average Bonchev–Trinajstić information content (AvgIpc) is 3.33. The minimum atomic E-state index is -0.196. The normalized spacial score (nSPS) is 13.0. The van der Waals surface area contributed by atoms with Crippen LogP contribution in [0.1, 0.15) is 23.1 Å². The molecule has 4 aromatic rings. The van der Waals surface area contributed by atoms with Gasteiger partial charge in [0.15, 0.2) is 5.65 Å². The number of H-pyrrole nitrogens is 1. The van der Waals surface area contributed by atoms with Crippen LogP contribution in [0.2, 0.25) is 0 Å². The number of hydrogen-bond acceptors (Lipinski definition) is 4. The number of rotatable bonds is 4. The molecule has 0 saturated heterocycles. The summed E-state index contributed by atoms with van der Waals surface area (Å²) < 4.78 is 1.69. The van der Waals surface area contributed by atoms with Crippen LogP contribution in [0.5, 0.6) is 0 Å². The molecule has 2 N–H and O–H groups in total. The minimum Gasteiger partial charge on any atom is -0.352 e. The Morgan fingerprint density at radius 2 is 1.93 bits per heavy atom. The van der Waals surface area contributed by atoms with Crippen molar-refractivity contribution in [2.45, 2.75) is 25.8 Å². The number of hydrogen-bond donors (Lipinski definition) is 2. The Morgan fingerprint density at radius 1 is 1.07 bits per heavy atom. The van der Waals surface area contributed by atoms with E-state index in [1.54, 1.807) is 10.9 Å². The molecule has 0 aliphatic heterocycles. The molecule has 2 heterocycles.